The number of nitrogens with zero attached hydrogens (tertiary/aromatic N) is 3. The van der Waals surface area contributed by atoms with E-state index in [1.54, 1.807) is 4.68 Å². The summed E-state index contributed by atoms with van der Waals surface area (Å²) < 4.78 is 42.0. The summed E-state index contributed by atoms with van der Waals surface area (Å²) in [6.07, 6.45) is -1.45. The van der Waals surface area contributed by atoms with Crippen molar-refractivity contribution in [3.8, 4) is 0 Å². The van der Waals surface area contributed by atoms with Gasteiger partial charge in [-0.25, -0.2) is 4.68 Å². The van der Waals surface area contributed by atoms with Crippen LogP contribution in [-0.4, -0.2) is 27.3 Å². The van der Waals surface area contributed by atoms with Crippen LogP contribution in [0, 0.1) is 0 Å². The molecule has 0 saturated carbocycles. The molecule has 4 rings (SSSR count). The predicted octanol–water partition coefficient (Wildman–Crippen LogP) is 4.22. The summed E-state index contributed by atoms with van der Waals surface area (Å²) in [6, 6.07) is 8.19. The van der Waals surface area contributed by atoms with Crippen LogP contribution in [0.1, 0.15) is 41.9 Å². The Balaban J connectivity index is 1.80. The molecule has 1 aliphatic carbocycles. The molecule has 132 valence electrons. The highest BCUT2D eigenvalue weighted by atomic mass is 19.4. The lowest BCUT2D eigenvalue weighted by molar-refractivity contribution is -0.142. The average Bonchev–Trinajstić information content (AvgIpc) is 3.14. The van der Waals surface area contributed by atoms with Crippen molar-refractivity contribution in [1.82, 2.24) is 14.7 Å². The maximum atomic E-state index is 13.5. The van der Waals surface area contributed by atoms with Gasteiger partial charge in [0, 0.05) is 36.8 Å². The summed E-state index contributed by atoms with van der Waals surface area (Å²) >= 11 is 0. The van der Waals surface area contributed by atoms with E-state index in [2.05, 4.69) is 23.8 Å². The van der Waals surface area contributed by atoms with Gasteiger partial charge in [0.05, 0.1) is 5.69 Å². The Kier molecular flexibility index (Phi) is 3.76. The zero-order chi connectivity index (χ0) is 17.8. The molecule has 0 unspecified atom stereocenters. The number of fused-ring (bicyclic) bond motifs is 2. The third kappa shape index (κ3) is 2.78. The zero-order valence-corrected chi connectivity index (χ0v) is 14.3. The van der Waals surface area contributed by atoms with E-state index in [0.29, 0.717) is 43.2 Å². The summed E-state index contributed by atoms with van der Waals surface area (Å²) in [4.78, 5) is 2.20. The van der Waals surface area contributed by atoms with Crippen molar-refractivity contribution in [2.24, 2.45) is 0 Å². The first-order chi connectivity index (χ1) is 11.8. The van der Waals surface area contributed by atoms with Crippen LogP contribution >= 0.6 is 0 Å². The van der Waals surface area contributed by atoms with Crippen molar-refractivity contribution in [1.29, 1.82) is 0 Å². The molecule has 3 nitrogen and oxygen atoms in total. The van der Waals surface area contributed by atoms with Crippen LogP contribution in [-0.2, 0) is 25.6 Å². The van der Waals surface area contributed by atoms with Crippen LogP contribution in [0.5, 0.6) is 0 Å². The largest absolute Gasteiger partial charge is 0.435 e. The highest BCUT2D eigenvalue weighted by molar-refractivity contribution is 5.80. The summed E-state index contributed by atoms with van der Waals surface area (Å²) in [5.41, 5.74) is 3.34. The van der Waals surface area contributed by atoms with Gasteiger partial charge >= 0.3 is 6.18 Å². The Morgan fingerprint density at radius 1 is 1.16 bits per heavy atom. The van der Waals surface area contributed by atoms with Crippen LogP contribution in [0.3, 0.4) is 0 Å². The van der Waals surface area contributed by atoms with Gasteiger partial charge in [0.2, 0.25) is 0 Å². The molecule has 0 radical (unpaired) electrons. The lowest BCUT2D eigenvalue weighted by atomic mass is 10.0. The summed E-state index contributed by atoms with van der Waals surface area (Å²) in [6.45, 7) is 5.28. The second-order valence-corrected chi connectivity index (χ2v) is 7.01. The van der Waals surface area contributed by atoms with Gasteiger partial charge in [0.25, 0.3) is 0 Å². The number of allylic oxidation sites excluding steroid dienone is 1. The van der Waals surface area contributed by atoms with Gasteiger partial charge in [-0.05, 0) is 37.5 Å². The lowest BCUT2D eigenvalue weighted by Crippen LogP contribution is -2.36. The SMILES string of the molecule is CC(C)N1CCc2c(C(F)(F)F)nn(C3=Cc4ccccc4C3)c2C1. The van der Waals surface area contributed by atoms with E-state index in [1.165, 1.54) is 0 Å². The van der Waals surface area contributed by atoms with Crippen molar-refractivity contribution in [3.63, 3.8) is 0 Å². The maximum Gasteiger partial charge on any atom is 0.435 e. The fraction of sp³-hybridized carbons (Fsp3) is 0.421. The van der Waals surface area contributed by atoms with Gasteiger partial charge in [-0.3, -0.25) is 4.90 Å². The van der Waals surface area contributed by atoms with Gasteiger partial charge in [-0.2, -0.15) is 18.3 Å². The van der Waals surface area contributed by atoms with Gasteiger partial charge < -0.3 is 0 Å². The molecule has 1 aromatic heterocycles. The van der Waals surface area contributed by atoms with E-state index < -0.39 is 11.9 Å². The standard InChI is InChI=1S/C19H20F3N3/c1-12(2)24-8-7-16-17(11-24)25(23-18(16)19(20,21)22)15-9-13-5-3-4-6-14(13)10-15/h3-6,9,12H,7-8,10-11H2,1-2H3. The molecule has 0 N–H and O–H groups in total. The second kappa shape index (κ2) is 5.73. The van der Waals surface area contributed by atoms with E-state index >= 15 is 0 Å². The number of halogens is 3. The molecular weight excluding hydrogens is 327 g/mol. The molecule has 0 saturated heterocycles. The Bertz CT molecular complexity index is 846. The highest BCUT2D eigenvalue weighted by Crippen LogP contribution is 2.38. The summed E-state index contributed by atoms with van der Waals surface area (Å²) in [5, 5.41) is 4.02. The lowest BCUT2D eigenvalue weighted by Gasteiger charge is -2.31. The molecule has 0 amide bonds. The molecule has 1 aliphatic heterocycles. The molecule has 2 aliphatic rings. The van der Waals surface area contributed by atoms with Crippen molar-refractivity contribution < 1.29 is 13.2 Å². The smallest absolute Gasteiger partial charge is 0.295 e. The first-order valence-electron chi connectivity index (χ1n) is 8.55. The fourth-order valence-corrected chi connectivity index (χ4v) is 3.74. The van der Waals surface area contributed by atoms with Crippen LogP contribution in [0.25, 0.3) is 11.8 Å². The van der Waals surface area contributed by atoms with E-state index in [1.807, 2.05) is 30.3 Å². The van der Waals surface area contributed by atoms with E-state index in [9.17, 15) is 13.2 Å². The number of hydrogen-bond donors (Lipinski definition) is 0. The molecular formula is C19H20F3N3. The third-order valence-corrected chi connectivity index (χ3v) is 5.11. The monoisotopic (exact) mass is 347 g/mol. The topological polar surface area (TPSA) is 21.1 Å². The van der Waals surface area contributed by atoms with Crippen LogP contribution in [0.2, 0.25) is 0 Å². The normalized spacial score (nSPS) is 17.6. The van der Waals surface area contributed by atoms with Crippen molar-refractivity contribution in [3.05, 3.63) is 52.3 Å². The van der Waals surface area contributed by atoms with E-state index in [0.717, 1.165) is 16.8 Å². The Labute approximate surface area is 144 Å². The number of rotatable bonds is 2. The average molecular weight is 347 g/mol. The van der Waals surface area contributed by atoms with Crippen LogP contribution in [0.15, 0.2) is 24.3 Å². The van der Waals surface area contributed by atoms with Gasteiger partial charge in [0.15, 0.2) is 5.69 Å². The minimum Gasteiger partial charge on any atom is -0.295 e. The quantitative estimate of drug-likeness (QED) is 0.811. The highest BCUT2D eigenvalue weighted by Gasteiger charge is 2.41. The molecule has 6 heteroatoms. The van der Waals surface area contributed by atoms with Gasteiger partial charge in [0.1, 0.15) is 0 Å². The molecule has 0 bridgehead atoms. The van der Waals surface area contributed by atoms with E-state index in [-0.39, 0.29) is 0 Å². The first-order valence-corrected chi connectivity index (χ1v) is 8.55. The fourth-order valence-electron chi connectivity index (χ4n) is 3.74. The second-order valence-electron chi connectivity index (χ2n) is 7.01. The number of hydrogen-bond acceptors (Lipinski definition) is 2. The molecule has 1 aromatic carbocycles. The van der Waals surface area contributed by atoms with Crippen LogP contribution in [0.4, 0.5) is 13.2 Å². The number of aromatic nitrogens is 2. The van der Waals surface area contributed by atoms with Crippen molar-refractivity contribution >= 4 is 11.8 Å². The van der Waals surface area contributed by atoms with Gasteiger partial charge in [-0.1, -0.05) is 24.3 Å². The van der Waals surface area contributed by atoms with Crippen molar-refractivity contribution in [2.45, 2.75) is 45.5 Å². The molecule has 0 atom stereocenters. The van der Waals surface area contributed by atoms with Crippen LogP contribution < -0.4 is 0 Å². The first kappa shape index (κ1) is 16.4. The molecule has 2 aromatic rings. The number of benzene rings is 1. The Morgan fingerprint density at radius 3 is 2.60 bits per heavy atom. The Hall–Kier alpha value is -2.08. The maximum absolute atomic E-state index is 13.5. The summed E-state index contributed by atoms with van der Waals surface area (Å²) in [7, 11) is 0. The van der Waals surface area contributed by atoms with Crippen molar-refractivity contribution in [2.75, 3.05) is 6.54 Å². The molecule has 0 fully saturated rings. The minimum atomic E-state index is -4.42. The zero-order valence-electron chi connectivity index (χ0n) is 14.3. The third-order valence-electron chi connectivity index (χ3n) is 5.11. The van der Waals surface area contributed by atoms with Gasteiger partial charge in [-0.15, -0.1) is 0 Å². The molecule has 2 heterocycles. The summed E-state index contributed by atoms with van der Waals surface area (Å²) in [5.74, 6) is 0. The van der Waals surface area contributed by atoms with E-state index in [4.69, 9.17) is 0 Å². The number of alkyl halides is 3. The molecule has 0 spiro atoms. The minimum absolute atomic E-state index is 0.292. The molecule has 25 heavy (non-hydrogen) atoms. The Morgan fingerprint density at radius 2 is 1.92 bits per heavy atom. The predicted molar refractivity (Wildman–Crippen MR) is 90.8 cm³/mol.